The minimum absolute atomic E-state index is 0.105. The average molecular weight is 719 g/mol. The van der Waals surface area contributed by atoms with Gasteiger partial charge in [-0.2, -0.15) is 5.26 Å². The molecule has 3 atom stereocenters. The Labute approximate surface area is 294 Å². The van der Waals surface area contributed by atoms with Crippen LogP contribution >= 0.6 is 25.8 Å². The number of nitrogens with one attached hydrogen (secondary N) is 1. The lowest BCUT2D eigenvalue weighted by Crippen LogP contribution is -2.37. The van der Waals surface area contributed by atoms with Gasteiger partial charge < -0.3 is 28.2 Å². The van der Waals surface area contributed by atoms with Crippen LogP contribution in [0.25, 0.3) is 0 Å². The molecule has 13 heteroatoms. The van der Waals surface area contributed by atoms with Crippen LogP contribution in [-0.2, 0) is 0 Å². The predicted octanol–water partition coefficient (Wildman–Crippen LogP) is 10.8. The Morgan fingerprint density at radius 3 is 1.54 bits per heavy atom. The first kappa shape index (κ1) is 33.3. The van der Waals surface area contributed by atoms with E-state index < -0.39 is 16.9 Å². The molecule has 0 amide bonds. The van der Waals surface area contributed by atoms with Gasteiger partial charge in [-0.1, -0.05) is 91.0 Å². The highest BCUT2D eigenvalue weighted by Crippen LogP contribution is 2.66. The molecule has 6 aromatic rings. The highest BCUT2D eigenvalue weighted by Gasteiger charge is 2.46. The van der Waals surface area contributed by atoms with E-state index >= 15 is 0 Å². The van der Waals surface area contributed by atoms with Gasteiger partial charge in [0, 0.05) is 4.60 Å². The van der Waals surface area contributed by atoms with E-state index in [0.29, 0.717) is 34.5 Å². The van der Waals surface area contributed by atoms with E-state index in [2.05, 4.69) is 10.9 Å². The molecule has 0 saturated carbocycles. The van der Waals surface area contributed by atoms with Gasteiger partial charge in [0.05, 0.1) is 14.4 Å². The first-order valence-corrected chi connectivity index (χ1v) is 18.7. The molecule has 1 aliphatic heterocycles. The number of ether oxygens (including phenoxy) is 2. The summed E-state index contributed by atoms with van der Waals surface area (Å²) in [7, 11) is -3.74. The molecule has 1 fully saturated rings. The number of hydrogen-bond donors (Lipinski definition) is 1. The van der Waals surface area contributed by atoms with Crippen LogP contribution < -0.4 is 33.1 Å². The van der Waals surface area contributed by atoms with Crippen molar-refractivity contribution in [3.05, 3.63) is 169 Å². The highest BCUT2D eigenvalue weighted by atomic mass is 31.3. The van der Waals surface area contributed by atoms with Crippen LogP contribution in [0.3, 0.4) is 0 Å². The minimum Gasteiger partial charge on any atom is -0.452 e. The first-order chi connectivity index (χ1) is 24.7. The Balaban J connectivity index is 1.29. The summed E-state index contributed by atoms with van der Waals surface area (Å²) >= 11 is 0. The predicted molar refractivity (Wildman–Crippen MR) is 195 cm³/mol. The van der Waals surface area contributed by atoms with Gasteiger partial charge in [-0.05, 0) is 77.4 Å². The zero-order valence-corrected chi connectivity index (χ0v) is 29.1. The smallest absolute Gasteiger partial charge is 0.332 e. The average Bonchev–Trinajstić information content (AvgIpc) is 3.17. The van der Waals surface area contributed by atoms with Crippen LogP contribution in [0.2, 0.25) is 0 Å². The van der Waals surface area contributed by atoms with Crippen molar-refractivity contribution < 1.29 is 28.2 Å². The van der Waals surface area contributed by atoms with Gasteiger partial charge in [-0.25, -0.2) is 4.86 Å². The van der Waals surface area contributed by atoms with Crippen LogP contribution in [0.4, 0.5) is 0 Å². The third-order valence-corrected chi connectivity index (χ3v) is 11.9. The van der Waals surface area contributed by atoms with Crippen molar-refractivity contribution in [1.82, 2.24) is 14.1 Å². The zero-order valence-electron chi connectivity index (χ0n) is 26.3. The lowest BCUT2D eigenvalue weighted by atomic mass is 10.2. The minimum atomic E-state index is -1.82. The van der Waals surface area contributed by atoms with Crippen LogP contribution in [0.15, 0.2) is 164 Å². The number of hydrogen-bond acceptors (Lipinski definition) is 10. The largest absolute Gasteiger partial charge is 0.452 e. The maximum Gasteiger partial charge on any atom is 0.332 e. The van der Waals surface area contributed by atoms with Crippen molar-refractivity contribution in [3.8, 4) is 52.1 Å². The molecule has 1 saturated heterocycles. The third-order valence-electron chi connectivity index (χ3n) is 6.80. The molecule has 0 aromatic heterocycles. The summed E-state index contributed by atoms with van der Waals surface area (Å²) in [6.07, 6.45) is 0. The Bertz CT molecular complexity index is 2010. The van der Waals surface area contributed by atoms with E-state index in [4.69, 9.17) is 28.2 Å². The van der Waals surface area contributed by atoms with E-state index in [1.165, 1.54) is 0 Å². The van der Waals surface area contributed by atoms with Gasteiger partial charge in [-0.15, -0.1) is 0 Å². The lowest BCUT2D eigenvalue weighted by Gasteiger charge is -2.41. The SMILES string of the molecule is N#Cc1ccc(OP2NPN(Oc3ccccc3)P(Oc3ccccc3)N2Oc2ccccc2)c(Oc2ccccc2)c1Oc1ccccc1. The fourth-order valence-corrected chi connectivity index (χ4v) is 10.1. The summed E-state index contributed by atoms with van der Waals surface area (Å²) in [5.74, 6) is 3.63. The number of benzene rings is 6. The number of nitrogens with zero attached hydrogens (tertiary/aromatic N) is 3. The fraction of sp³-hybridized carbons (Fsp3) is 0. The zero-order chi connectivity index (χ0) is 34.0. The summed E-state index contributed by atoms with van der Waals surface area (Å²) in [4.78, 5) is 16.4. The van der Waals surface area contributed by atoms with Gasteiger partial charge in [0.15, 0.2) is 11.5 Å². The maximum absolute atomic E-state index is 10.1. The molecule has 3 unspecified atom stereocenters. The number of rotatable bonds is 12. The molecule has 0 radical (unpaired) electrons. The number of para-hydroxylation sites is 5. The molecule has 6 aromatic carbocycles. The lowest BCUT2D eigenvalue weighted by molar-refractivity contribution is 0.0675. The van der Waals surface area contributed by atoms with Gasteiger partial charge >= 0.3 is 8.45 Å². The molecule has 248 valence electrons. The number of nitriles is 1. The van der Waals surface area contributed by atoms with Gasteiger partial charge in [-0.3, -0.25) is 0 Å². The standard InChI is InChI=1S/C37H29N4O6P3/c38-28-29-26-27-35(37(43-31-18-8-2-9-19-31)36(29)42-30-16-6-1-7-17-30)47-49-39-48-40(44-32-20-10-3-11-21-32)50(46-34-24-14-5-15-25-34)41(49)45-33-22-12-4-13-23-33/h1-27,39,48H. The summed E-state index contributed by atoms with van der Waals surface area (Å²) < 4.78 is 29.5. The molecule has 1 aliphatic rings. The van der Waals surface area contributed by atoms with E-state index in [1.54, 1.807) is 33.5 Å². The quantitative estimate of drug-likeness (QED) is 0.123. The maximum atomic E-state index is 10.1. The van der Waals surface area contributed by atoms with Crippen molar-refractivity contribution in [3.63, 3.8) is 0 Å². The Morgan fingerprint density at radius 2 is 1.00 bits per heavy atom. The molecule has 0 spiro atoms. The van der Waals surface area contributed by atoms with Gasteiger partial charge in [0.2, 0.25) is 5.75 Å². The van der Waals surface area contributed by atoms with Crippen LogP contribution in [0, 0.1) is 11.3 Å². The van der Waals surface area contributed by atoms with E-state index in [-0.39, 0.29) is 25.9 Å². The molecular weight excluding hydrogens is 689 g/mol. The molecular formula is C37H29N4O6P3. The second-order valence-corrected chi connectivity index (χ2v) is 15.0. The Kier molecular flexibility index (Phi) is 11.0. The summed E-state index contributed by atoms with van der Waals surface area (Å²) in [5, 5.41) is 10.1. The molecule has 1 heterocycles. The molecule has 1 N–H and O–H groups in total. The van der Waals surface area contributed by atoms with E-state index in [0.717, 1.165) is 0 Å². The summed E-state index contributed by atoms with van der Waals surface area (Å²) in [6.45, 7) is 0. The summed E-state index contributed by atoms with van der Waals surface area (Å²) in [5.41, 5.74) is 0.271. The fourth-order valence-electron chi connectivity index (χ4n) is 4.51. The normalized spacial score (nSPS) is 16.5. The monoisotopic (exact) mass is 718 g/mol. The topological polar surface area (TPSA) is 97.7 Å². The van der Waals surface area contributed by atoms with Crippen molar-refractivity contribution in [1.29, 1.82) is 5.26 Å². The van der Waals surface area contributed by atoms with E-state index in [9.17, 15) is 5.26 Å². The van der Waals surface area contributed by atoms with E-state index in [1.807, 2.05) is 140 Å². The second kappa shape index (κ2) is 16.5. The molecule has 50 heavy (non-hydrogen) atoms. The molecule has 7 rings (SSSR count). The van der Waals surface area contributed by atoms with Crippen molar-refractivity contribution in [2.75, 3.05) is 0 Å². The molecule has 10 nitrogen and oxygen atoms in total. The van der Waals surface area contributed by atoms with Gasteiger partial charge in [0.1, 0.15) is 34.8 Å². The third kappa shape index (κ3) is 8.31. The van der Waals surface area contributed by atoms with Crippen LogP contribution in [0.1, 0.15) is 5.56 Å². The Hall–Kier alpha value is -5.22. The Morgan fingerprint density at radius 1 is 0.520 bits per heavy atom. The van der Waals surface area contributed by atoms with Crippen molar-refractivity contribution >= 4 is 25.8 Å². The first-order valence-electron chi connectivity index (χ1n) is 15.3. The molecule has 0 aliphatic carbocycles. The summed E-state index contributed by atoms with van der Waals surface area (Å²) in [6, 6.07) is 52.3. The second-order valence-electron chi connectivity index (χ2n) is 10.3. The highest BCUT2D eigenvalue weighted by molar-refractivity contribution is 7.74. The van der Waals surface area contributed by atoms with Crippen molar-refractivity contribution in [2.45, 2.75) is 0 Å². The van der Waals surface area contributed by atoms with Crippen LogP contribution in [-0.4, -0.2) is 9.21 Å². The van der Waals surface area contributed by atoms with Crippen molar-refractivity contribution in [2.24, 2.45) is 0 Å². The molecule has 0 bridgehead atoms. The van der Waals surface area contributed by atoms with Crippen LogP contribution in [0.5, 0.6) is 46.0 Å². The van der Waals surface area contributed by atoms with Gasteiger partial charge in [0.25, 0.3) is 8.45 Å².